The Hall–Kier alpha value is -2.75. The summed E-state index contributed by atoms with van der Waals surface area (Å²) in [7, 11) is 0. The minimum atomic E-state index is -0.167. The summed E-state index contributed by atoms with van der Waals surface area (Å²) in [6.45, 7) is 5.45. The Morgan fingerprint density at radius 3 is 2.23 bits per heavy atom. The van der Waals surface area contributed by atoms with E-state index in [2.05, 4.69) is 41.4 Å². The van der Waals surface area contributed by atoms with Crippen LogP contribution in [0.1, 0.15) is 11.7 Å². The minimum absolute atomic E-state index is 0.167. The van der Waals surface area contributed by atoms with Crippen molar-refractivity contribution in [2.24, 2.45) is 0 Å². The van der Waals surface area contributed by atoms with Crippen LogP contribution < -0.4 is 16.1 Å². The molecule has 0 saturated heterocycles. The van der Waals surface area contributed by atoms with Gasteiger partial charge in [0.05, 0.1) is 0 Å². The SMILES string of the molecule is C=Bc1ccc(C2Nc3cccc4cccc(c34)N2)c(O)c1. The Morgan fingerprint density at radius 1 is 0.955 bits per heavy atom. The number of phenolic OH excluding ortho intramolecular Hbond substituents is 1. The first-order valence-electron chi connectivity index (χ1n) is 7.26. The van der Waals surface area contributed by atoms with E-state index >= 15 is 0 Å². The third-order valence-corrected chi connectivity index (χ3v) is 4.11. The first-order chi connectivity index (χ1) is 10.8. The van der Waals surface area contributed by atoms with Crippen molar-refractivity contribution < 1.29 is 5.11 Å². The molecule has 0 bridgehead atoms. The number of hydrogen-bond donors (Lipinski definition) is 3. The van der Waals surface area contributed by atoms with Crippen LogP contribution in [0.25, 0.3) is 10.8 Å². The predicted molar refractivity (Wildman–Crippen MR) is 94.6 cm³/mol. The van der Waals surface area contributed by atoms with Crippen molar-refractivity contribution >= 4 is 41.0 Å². The van der Waals surface area contributed by atoms with Crippen LogP contribution in [0.4, 0.5) is 11.4 Å². The van der Waals surface area contributed by atoms with Crippen LogP contribution in [0.15, 0.2) is 54.6 Å². The molecule has 3 aromatic rings. The molecule has 3 N–H and O–H groups in total. The summed E-state index contributed by atoms with van der Waals surface area (Å²) in [6.07, 6.45) is -0.167. The topological polar surface area (TPSA) is 44.3 Å². The monoisotopic (exact) mass is 286 g/mol. The summed E-state index contributed by atoms with van der Waals surface area (Å²) in [5.41, 5.74) is 3.87. The van der Waals surface area contributed by atoms with Crippen molar-refractivity contribution in [3.8, 4) is 5.75 Å². The third-order valence-electron chi connectivity index (χ3n) is 4.11. The number of anilines is 2. The molecule has 22 heavy (non-hydrogen) atoms. The zero-order valence-corrected chi connectivity index (χ0v) is 12.0. The van der Waals surface area contributed by atoms with Gasteiger partial charge in [0.1, 0.15) is 0 Å². The van der Waals surface area contributed by atoms with E-state index in [0.717, 1.165) is 22.4 Å². The molecular weight excluding hydrogens is 271 g/mol. The fourth-order valence-electron chi connectivity index (χ4n) is 3.02. The Kier molecular flexibility index (Phi) is 2.89. The van der Waals surface area contributed by atoms with Crippen molar-refractivity contribution in [2.75, 3.05) is 10.6 Å². The maximum atomic E-state index is 10.3. The Labute approximate surface area is 129 Å². The normalized spacial score (nSPS) is 13.3. The molecule has 4 heteroatoms. The van der Waals surface area contributed by atoms with Gasteiger partial charge in [-0.15, -0.1) is 0 Å². The third kappa shape index (κ3) is 1.96. The van der Waals surface area contributed by atoms with E-state index in [1.807, 2.05) is 24.3 Å². The van der Waals surface area contributed by atoms with Gasteiger partial charge in [-0.25, -0.2) is 0 Å². The maximum absolute atomic E-state index is 10.3. The van der Waals surface area contributed by atoms with Gasteiger partial charge in [0.2, 0.25) is 0 Å². The van der Waals surface area contributed by atoms with Crippen LogP contribution in [0.5, 0.6) is 5.75 Å². The van der Waals surface area contributed by atoms with Gasteiger partial charge in [0.25, 0.3) is 0 Å². The van der Waals surface area contributed by atoms with Gasteiger partial charge in [-0.1, -0.05) is 0 Å². The van der Waals surface area contributed by atoms with Gasteiger partial charge >= 0.3 is 129 Å². The Bertz CT molecular complexity index is 851. The number of benzene rings is 3. The van der Waals surface area contributed by atoms with Crippen LogP contribution in [0.3, 0.4) is 0 Å². The zero-order chi connectivity index (χ0) is 15.1. The molecule has 106 valence electrons. The second kappa shape index (κ2) is 4.91. The second-order valence-electron chi connectivity index (χ2n) is 5.45. The Balaban J connectivity index is 1.80. The standard InChI is InChI=1S/C18H15BN2O/c1-19-12-8-9-13(16(22)10-12)18-20-14-6-2-4-11-5-3-7-15(21-18)17(11)14/h2-10,18,20-22H,1H2. The summed E-state index contributed by atoms with van der Waals surface area (Å²) in [4.78, 5) is 0. The van der Waals surface area contributed by atoms with Crippen LogP contribution in [0, 0.1) is 0 Å². The Morgan fingerprint density at radius 2 is 1.64 bits per heavy atom. The van der Waals surface area contributed by atoms with E-state index < -0.39 is 0 Å². The molecule has 3 aromatic carbocycles. The molecule has 4 rings (SSSR count). The fourth-order valence-corrected chi connectivity index (χ4v) is 3.02. The van der Waals surface area contributed by atoms with Crippen LogP contribution >= 0.6 is 0 Å². The van der Waals surface area contributed by atoms with E-state index in [4.69, 9.17) is 0 Å². The van der Waals surface area contributed by atoms with Crippen LogP contribution in [-0.2, 0) is 0 Å². The summed E-state index contributed by atoms with van der Waals surface area (Å²) < 4.78 is 0. The number of hydrogen-bond acceptors (Lipinski definition) is 3. The zero-order valence-electron chi connectivity index (χ0n) is 12.0. The fraction of sp³-hybridized carbons (Fsp3) is 0.0556. The van der Waals surface area contributed by atoms with E-state index in [1.165, 1.54) is 10.8 Å². The summed E-state index contributed by atoms with van der Waals surface area (Å²) in [5, 5.41) is 19.6. The number of nitrogens with one attached hydrogen (secondary N) is 2. The summed E-state index contributed by atoms with van der Waals surface area (Å²) >= 11 is 0. The van der Waals surface area contributed by atoms with E-state index in [-0.39, 0.29) is 11.9 Å². The molecule has 3 nitrogen and oxygen atoms in total. The van der Waals surface area contributed by atoms with Crippen molar-refractivity contribution in [1.29, 1.82) is 0 Å². The molecule has 0 aromatic heterocycles. The van der Waals surface area contributed by atoms with Gasteiger partial charge in [-0.05, 0) is 0 Å². The van der Waals surface area contributed by atoms with Crippen molar-refractivity contribution in [2.45, 2.75) is 6.17 Å². The average Bonchev–Trinajstić information content (AvgIpc) is 2.55. The van der Waals surface area contributed by atoms with Gasteiger partial charge in [0, 0.05) is 0 Å². The van der Waals surface area contributed by atoms with Crippen molar-refractivity contribution in [3.05, 3.63) is 60.2 Å². The average molecular weight is 286 g/mol. The second-order valence-corrected chi connectivity index (χ2v) is 5.45. The van der Waals surface area contributed by atoms with E-state index in [0.29, 0.717) is 0 Å². The van der Waals surface area contributed by atoms with Crippen LogP contribution in [0.2, 0.25) is 0 Å². The van der Waals surface area contributed by atoms with Crippen molar-refractivity contribution in [1.82, 2.24) is 0 Å². The molecule has 0 aliphatic carbocycles. The van der Waals surface area contributed by atoms with Gasteiger partial charge in [-0.3, -0.25) is 0 Å². The van der Waals surface area contributed by atoms with E-state index in [1.54, 1.807) is 13.0 Å². The molecule has 1 aliphatic heterocycles. The van der Waals surface area contributed by atoms with Gasteiger partial charge in [0.15, 0.2) is 0 Å². The van der Waals surface area contributed by atoms with Gasteiger partial charge < -0.3 is 0 Å². The molecule has 1 aliphatic rings. The summed E-state index contributed by atoms with van der Waals surface area (Å²) in [6, 6.07) is 18.0. The molecule has 0 fully saturated rings. The molecule has 0 radical (unpaired) electrons. The first kappa shape index (κ1) is 13.0. The molecular formula is C18H15BN2O. The number of aromatic hydroxyl groups is 1. The quantitative estimate of drug-likeness (QED) is 0.635. The first-order valence-corrected chi connectivity index (χ1v) is 7.26. The summed E-state index contributed by atoms with van der Waals surface area (Å²) in [5.74, 6) is 0.258. The van der Waals surface area contributed by atoms with E-state index in [9.17, 15) is 5.11 Å². The molecule has 0 amide bonds. The van der Waals surface area contributed by atoms with Crippen LogP contribution in [-0.4, -0.2) is 18.5 Å². The van der Waals surface area contributed by atoms with Gasteiger partial charge in [-0.2, -0.15) is 0 Å². The number of phenols is 1. The molecule has 0 saturated carbocycles. The molecule has 0 unspecified atom stereocenters. The number of rotatable bonds is 2. The predicted octanol–water partition coefficient (Wildman–Crippen LogP) is 2.84. The molecule has 1 heterocycles. The van der Waals surface area contributed by atoms with Crippen molar-refractivity contribution in [3.63, 3.8) is 0 Å². The molecule has 0 atom stereocenters. The molecule has 0 spiro atoms.